The lowest BCUT2D eigenvalue weighted by molar-refractivity contribution is -0.115. The second-order valence-electron chi connectivity index (χ2n) is 5.98. The zero-order valence-electron chi connectivity index (χ0n) is 14.8. The summed E-state index contributed by atoms with van der Waals surface area (Å²) in [7, 11) is 0. The minimum Gasteiger partial charge on any atom is -0.330 e. The van der Waals surface area contributed by atoms with Gasteiger partial charge in [0.05, 0.1) is 5.25 Å². The number of aromatic nitrogens is 2. The van der Waals surface area contributed by atoms with E-state index >= 15 is 0 Å². The second-order valence-corrected chi connectivity index (χ2v) is 8.54. The number of anilines is 3. The van der Waals surface area contributed by atoms with Crippen molar-refractivity contribution in [1.29, 1.82) is 0 Å². The van der Waals surface area contributed by atoms with Crippen LogP contribution in [0.25, 0.3) is 0 Å². The average molecular weight is 385 g/mol. The number of carbonyl (C=O) groups excluding carboxylic acids is 1. The van der Waals surface area contributed by atoms with E-state index in [0.717, 1.165) is 21.3 Å². The van der Waals surface area contributed by atoms with Gasteiger partial charge in [-0.3, -0.25) is 4.79 Å². The standard InChI is InChI=1S/C19H20N4OS2/c1-12-4-8-15(9-5-12)20-17(24)14(3)25-19-23-22-18(26-19)21-16-10-6-13(2)7-11-16/h4-11,14H,1-3H3,(H,20,24)(H,21,22)/t14-/m0/s1. The monoisotopic (exact) mass is 384 g/mol. The van der Waals surface area contributed by atoms with Crippen molar-refractivity contribution in [2.75, 3.05) is 10.6 Å². The van der Waals surface area contributed by atoms with E-state index in [9.17, 15) is 4.79 Å². The smallest absolute Gasteiger partial charge is 0.237 e. The van der Waals surface area contributed by atoms with Gasteiger partial charge in [-0.2, -0.15) is 0 Å². The normalized spacial score (nSPS) is 11.8. The van der Waals surface area contributed by atoms with Crippen LogP contribution < -0.4 is 10.6 Å². The molecule has 134 valence electrons. The number of aryl methyl sites for hydroxylation is 2. The molecule has 26 heavy (non-hydrogen) atoms. The van der Waals surface area contributed by atoms with Crippen LogP contribution in [0.4, 0.5) is 16.5 Å². The maximum Gasteiger partial charge on any atom is 0.237 e. The molecule has 3 rings (SSSR count). The molecule has 0 radical (unpaired) electrons. The lowest BCUT2D eigenvalue weighted by atomic mass is 10.2. The van der Waals surface area contributed by atoms with Crippen molar-refractivity contribution in [3.05, 3.63) is 59.7 Å². The molecule has 0 aliphatic carbocycles. The minimum absolute atomic E-state index is 0.0536. The van der Waals surface area contributed by atoms with Crippen molar-refractivity contribution in [3.8, 4) is 0 Å². The summed E-state index contributed by atoms with van der Waals surface area (Å²) in [5.41, 5.74) is 4.13. The Balaban J connectivity index is 1.56. The van der Waals surface area contributed by atoms with E-state index in [-0.39, 0.29) is 11.2 Å². The predicted molar refractivity (Wildman–Crippen MR) is 109 cm³/mol. The number of carbonyl (C=O) groups is 1. The van der Waals surface area contributed by atoms with E-state index in [1.165, 1.54) is 28.7 Å². The maximum atomic E-state index is 12.3. The van der Waals surface area contributed by atoms with Crippen LogP contribution in [0.2, 0.25) is 0 Å². The molecule has 7 heteroatoms. The third kappa shape index (κ3) is 5.06. The maximum absolute atomic E-state index is 12.3. The Hall–Kier alpha value is -2.38. The molecular weight excluding hydrogens is 364 g/mol. The Morgan fingerprint density at radius 1 is 0.962 bits per heavy atom. The van der Waals surface area contributed by atoms with Crippen molar-refractivity contribution in [3.63, 3.8) is 0 Å². The summed E-state index contributed by atoms with van der Waals surface area (Å²) in [6.07, 6.45) is 0. The van der Waals surface area contributed by atoms with E-state index in [2.05, 4.69) is 20.8 Å². The summed E-state index contributed by atoms with van der Waals surface area (Å²) in [5, 5.41) is 14.9. The van der Waals surface area contributed by atoms with Crippen LogP contribution in [0.3, 0.4) is 0 Å². The van der Waals surface area contributed by atoms with Crippen LogP contribution >= 0.6 is 23.1 Å². The fourth-order valence-corrected chi connectivity index (χ4v) is 4.07. The molecule has 5 nitrogen and oxygen atoms in total. The molecule has 0 saturated heterocycles. The Bertz CT molecular complexity index is 875. The van der Waals surface area contributed by atoms with Gasteiger partial charge in [-0.05, 0) is 45.0 Å². The molecule has 0 fully saturated rings. The molecule has 0 spiro atoms. The summed E-state index contributed by atoms with van der Waals surface area (Å²) in [6.45, 7) is 5.93. The van der Waals surface area contributed by atoms with Crippen molar-refractivity contribution in [2.24, 2.45) is 0 Å². The van der Waals surface area contributed by atoms with Crippen molar-refractivity contribution >= 4 is 45.5 Å². The number of amides is 1. The highest BCUT2D eigenvalue weighted by molar-refractivity contribution is 8.02. The first-order valence-corrected chi connectivity index (χ1v) is 9.90. The zero-order valence-corrected chi connectivity index (χ0v) is 16.4. The molecule has 1 aromatic heterocycles. The first-order valence-electron chi connectivity index (χ1n) is 8.21. The molecule has 1 amide bonds. The minimum atomic E-state index is -0.267. The third-order valence-electron chi connectivity index (χ3n) is 3.68. The van der Waals surface area contributed by atoms with Gasteiger partial charge in [0.15, 0.2) is 4.34 Å². The number of thioether (sulfide) groups is 1. The first-order chi connectivity index (χ1) is 12.5. The Labute approximate surface area is 161 Å². The highest BCUT2D eigenvalue weighted by Crippen LogP contribution is 2.30. The molecule has 3 aromatic rings. The van der Waals surface area contributed by atoms with E-state index in [4.69, 9.17) is 0 Å². The van der Waals surface area contributed by atoms with Crippen molar-refractivity contribution in [2.45, 2.75) is 30.4 Å². The highest BCUT2D eigenvalue weighted by atomic mass is 32.2. The molecule has 0 unspecified atom stereocenters. The van der Waals surface area contributed by atoms with Gasteiger partial charge in [0.25, 0.3) is 0 Å². The lowest BCUT2D eigenvalue weighted by Crippen LogP contribution is -2.22. The van der Waals surface area contributed by atoms with E-state index in [1.807, 2.05) is 69.3 Å². The molecule has 2 N–H and O–H groups in total. The van der Waals surface area contributed by atoms with E-state index in [1.54, 1.807) is 0 Å². The quantitative estimate of drug-likeness (QED) is 0.584. The Morgan fingerprint density at radius 2 is 1.54 bits per heavy atom. The summed E-state index contributed by atoms with van der Waals surface area (Å²) in [6, 6.07) is 15.8. The Kier molecular flexibility index (Phi) is 5.90. The van der Waals surface area contributed by atoms with Gasteiger partial charge in [0, 0.05) is 11.4 Å². The zero-order chi connectivity index (χ0) is 18.5. The van der Waals surface area contributed by atoms with Gasteiger partial charge in [-0.15, -0.1) is 10.2 Å². The van der Waals surface area contributed by atoms with Crippen molar-refractivity contribution < 1.29 is 4.79 Å². The van der Waals surface area contributed by atoms with Gasteiger partial charge in [0.2, 0.25) is 11.0 Å². The SMILES string of the molecule is Cc1ccc(NC(=O)[C@H](C)Sc2nnc(Nc3ccc(C)cc3)s2)cc1. The fourth-order valence-electron chi connectivity index (χ4n) is 2.15. The molecule has 0 aliphatic heterocycles. The molecule has 0 aliphatic rings. The Morgan fingerprint density at radius 3 is 2.15 bits per heavy atom. The summed E-state index contributed by atoms with van der Waals surface area (Å²) in [5.74, 6) is -0.0536. The van der Waals surface area contributed by atoms with Crippen LogP contribution in [0, 0.1) is 13.8 Å². The molecule has 0 saturated carbocycles. The van der Waals surface area contributed by atoms with Gasteiger partial charge in [-0.25, -0.2) is 0 Å². The first kappa shape index (κ1) is 18.4. The van der Waals surface area contributed by atoms with Gasteiger partial charge in [-0.1, -0.05) is 58.5 Å². The topological polar surface area (TPSA) is 66.9 Å². The van der Waals surface area contributed by atoms with Crippen LogP contribution in [0.15, 0.2) is 52.9 Å². The third-order valence-corrected chi connectivity index (χ3v) is 5.70. The summed E-state index contributed by atoms with van der Waals surface area (Å²) >= 11 is 2.84. The number of nitrogens with one attached hydrogen (secondary N) is 2. The highest BCUT2D eigenvalue weighted by Gasteiger charge is 2.17. The van der Waals surface area contributed by atoms with Crippen molar-refractivity contribution in [1.82, 2.24) is 10.2 Å². The largest absolute Gasteiger partial charge is 0.330 e. The van der Waals surface area contributed by atoms with Gasteiger partial charge >= 0.3 is 0 Å². The van der Waals surface area contributed by atoms with Crippen LogP contribution in [0.5, 0.6) is 0 Å². The average Bonchev–Trinajstić information content (AvgIpc) is 3.06. The molecule has 0 bridgehead atoms. The van der Waals surface area contributed by atoms with Crippen LogP contribution in [-0.4, -0.2) is 21.4 Å². The van der Waals surface area contributed by atoms with E-state index in [0.29, 0.717) is 5.13 Å². The number of hydrogen-bond acceptors (Lipinski definition) is 6. The second kappa shape index (κ2) is 8.33. The van der Waals surface area contributed by atoms with Crippen LogP contribution in [-0.2, 0) is 4.79 Å². The number of rotatable bonds is 6. The van der Waals surface area contributed by atoms with E-state index < -0.39 is 0 Å². The number of benzene rings is 2. The van der Waals surface area contributed by atoms with Crippen LogP contribution in [0.1, 0.15) is 18.1 Å². The molecule has 2 aromatic carbocycles. The summed E-state index contributed by atoms with van der Waals surface area (Å²) in [4.78, 5) is 12.3. The summed E-state index contributed by atoms with van der Waals surface area (Å²) < 4.78 is 0.756. The van der Waals surface area contributed by atoms with Gasteiger partial charge in [0.1, 0.15) is 0 Å². The molecule has 1 atom stereocenters. The molecular formula is C19H20N4OS2. The number of hydrogen-bond donors (Lipinski definition) is 2. The molecule has 1 heterocycles. The lowest BCUT2D eigenvalue weighted by Gasteiger charge is -2.10. The number of nitrogens with zero attached hydrogens (tertiary/aromatic N) is 2. The fraction of sp³-hybridized carbons (Fsp3) is 0.211. The predicted octanol–water partition coefficient (Wildman–Crippen LogP) is 5.02. The van der Waals surface area contributed by atoms with Gasteiger partial charge < -0.3 is 10.6 Å².